The number of nitrogens with one attached hydrogen (secondary N) is 1. The molecular formula is C11H17N3O. The molecule has 0 saturated carbocycles. The number of anilines is 2. The van der Waals surface area contributed by atoms with Gasteiger partial charge in [0.15, 0.2) is 0 Å². The quantitative estimate of drug-likeness (QED) is 0.775. The Bertz CT molecular complexity index is 319. The van der Waals surface area contributed by atoms with Gasteiger partial charge in [0, 0.05) is 38.4 Å². The first-order chi connectivity index (χ1) is 7.13. The number of carbonyl (C=O) groups excluding carboxylic acids is 1. The summed E-state index contributed by atoms with van der Waals surface area (Å²) in [5, 5.41) is 2.77. The highest BCUT2D eigenvalue weighted by Crippen LogP contribution is 2.15. The van der Waals surface area contributed by atoms with Crippen LogP contribution in [0.3, 0.4) is 0 Å². The van der Waals surface area contributed by atoms with Gasteiger partial charge < -0.3 is 16.0 Å². The Hall–Kier alpha value is -1.55. The molecule has 4 heteroatoms. The molecule has 1 aromatic carbocycles. The second-order valence-corrected chi connectivity index (χ2v) is 3.53. The van der Waals surface area contributed by atoms with Crippen LogP contribution < -0.4 is 16.0 Å². The Labute approximate surface area is 90.1 Å². The van der Waals surface area contributed by atoms with Gasteiger partial charge in [-0.1, -0.05) is 0 Å². The van der Waals surface area contributed by atoms with E-state index in [-0.39, 0.29) is 5.91 Å². The molecule has 0 radical (unpaired) electrons. The molecule has 0 unspecified atom stereocenters. The fourth-order valence-electron chi connectivity index (χ4n) is 1.20. The number of amides is 1. The van der Waals surface area contributed by atoms with E-state index >= 15 is 0 Å². The van der Waals surface area contributed by atoms with Crippen LogP contribution in [0.1, 0.15) is 6.42 Å². The molecule has 0 fully saturated rings. The lowest BCUT2D eigenvalue weighted by Gasteiger charge is -2.12. The van der Waals surface area contributed by atoms with Crippen molar-refractivity contribution in [3.63, 3.8) is 0 Å². The van der Waals surface area contributed by atoms with Crippen molar-refractivity contribution in [3.05, 3.63) is 24.3 Å². The minimum absolute atomic E-state index is 0.0462. The van der Waals surface area contributed by atoms with Crippen molar-refractivity contribution < 1.29 is 4.79 Å². The fourth-order valence-corrected chi connectivity index (χ4v) is 1.20. The van der Waals surface area contributed by atoms with Crippen LogP contribution in [0.25, 0.3) is 0 Å². The topological polar surface area (TPSA) is 58.4 Å². The summed E-state index contributed by atoms with van der Waals surface area (Å²) in [6.07, 6.45) is 0.357. The summed E-state index contributed by atoms with van der Waals surface area (Å²) in [6, 6.07) is 7.67. The third-order valence-corrected chi connectivity index (χ3v) is 2.04. The standard InChI is InChI=1S/C11H17N3O/c1-14(2)10-5-3-9(4-6-10)13-11(15)7-8-12/h3-6H,7-8,12H2,1-2H3,(H,13,15). The van der Waals surface area contributed by atoms with Gasteiger partial charge in [-0.15, -0.1) is 0 Å². The fraction of sp³-hybridized carbons (Fsp3) is 0.364. The maximum absolute atomic E-state index is 11.2. The highest BCUT2D eigenvalue weighted by Gasteiger charge is 2.00. The molecule has 0 saturated heterocycles. The monoisotopic (exact) mass is 207 g/mol. The highest BCUT2D eigenvalue weighted by molar-refractivity contribution is 5.90. The molecule has 1 rings (SSSR count). The molecule has 0 aromatic heterocycles. The van der Waals surface area contributed by atoms with E-state index in [9.17, 15) is 4.79 Å². The maximum atomic E-state index is 11.2. The number of carbonyl (C=O) groups is 1. The zero-order valence-corrected chi connectivity index (χ0v) is 9.16. The Morgan fingerprint density at radius 3 is 2.40 bits per heavy atom. The summed E-state index contributed by atoms with van der Waals surface area (Å²) >= 11 is 0. The Balaban J connectivity index is 2.60. The molecule has 3 N–H and O–H groups in total. The van der Waals surface area contributed by atoms with Gasteiger partial charge in [0.1, 0.15) is 0 Å². The van der Waals surface area contributed by atoms with Crippen molar-refractivity contribution in [2.24, 2.45) is 5.73 Å². The van der Waals surface area contributed by atoms with Crippen molar-refractivity contribution in [1.82, 2.24) is 0 Å². The Kier molecular flexibility index (Phi) is 4.12. The molecule has 0 aliphatic rings. The average Bonchev–Trinajstić information content (AvgIpc) is 2.18. The number of nitrogens with zero attached hydrogens (tertiary/aromatic N) is 1. The minimum Gasteiger partial charge on any atom is -0.378 e. The lowest BCUT2D eigenvalue weighted by molar-refractivity contribution is -0.116. The molecule has 0 bridgehead atoms. The zero-order valence-electron chi connectivity index (χ0n) is 9.16. The number of hydrogen-bond donors (Lipinski definition) is 2. The van der Waals surface area contributed by atoms with Crippen LogP contribution in [0.2, 0.25) is 0 Å². The van der Waals surface area contributed by atoms with Gasteiger partial charge in [-0.2, -0.15) is 0 Å². The van der Waals surface area contributed by atoms with Gasteiger partial charge in [-0.25, -0.2) is 0 Å². The predicted octanol–water partition coefficient (Wildman–Crippen LogP) is 1.04. The second-order valence-electron chi connectivity index (χ2n) is 3.53. The number of benzene rings is 1. The average molecular weight is 207 g/mol. The van der Waals surface area contributed by atoms with Crippen molar-refractivity contribution in [2.75, 3.05) is 30.9 Å². The first-order valence-electron chi connectivity index (χ1n) is 4.91. The van der Waals surface area contributed by atoms with E-state index in [4.69, 9.17) is 5.73 Å². The lowest BCUT2D eigenvalue weighted by atomic mass is 10.2. The number of nitrogens with two attached hydrogens (primary N) is 1. The highest BCUT2D eigenvalue weighted by atomic mass is 16.1. The van der Waals surface area contributed by atoms with Crippen LogP contribution in [-0.4, -0.2) is 26.5 Å². The molecule has 0 atom stereocenters. The van der Waals surface area contributed by atoms with E-state index < -0.39 is 0 Å². The van der Waals surface area contributed by atoms with Crippen molar-refractivity contribution in [3.8, 4) is 0 Å². The summed E-state index contributed by atoms with van der Waals surface area (Å²) < 4.78 is 0. The van der Waals surface area contributed by atoms with Crippen LogP contribution >= 0.6 is 0 Å². The SMILES string of the molecule is CN(C)c1ccc(NC(=O)CCN)cc1. The van der Waals surface area contributed by atoms with Crippen molar-refractivity contribution in [1.29, 1.82) is 0 Å². The van der Waals surface area contributed by atoms with E-state index in [0.29, 0.717) is 13.0 Å². The van der Waals surface area contributed by atoms with E-state index in [2.05, 4.69) is 5.32 Å². The molecule has 1 amide bonds. The van der Waals surface area contributed by atoms with E-state index in [0.717, 1.165) is 11.4 Å². The largest absolute Gasteiger partial charge is 0.378 e. The van der Waals surface area contributed by atoms with Gasteiger partial charge in [-0.3, -0.25) is 4.79 Å². The van der Waals surface area contributed by atoms with Gasteiger partial charge in [-0.05, 0) is 24.3 Å². The van der Waals surface area contributed by atoms with Crippen LogP contribution in [0.5, 0.6) is 0 Å². The van der Waals surface area contributed by atoms with Gasteiger partial charge >= 0.3 is 0 Å². The summed E-state index contributed by atoms with van der Waals surface area (Å²) in [5.41, 5.74) is 7.19. The summed E-state index contributed by atoms with van der Waals surface area (Å²) in [4.78, 5) is 13.2. The number of rotatable bonds is 4. The van der Waals surface area contributed by atoms with E-state index in [1.165, 1.54) is 0 Å². The third kappa shape index (κ3) is 3.59. The van der Waals surface area contributed by atoms with Gasteiger partial charge in [0.05, 0.1) is 0 Å². The Morgan fingerprint density at radius 2 is 1.93 bits per heavy atom. The number of hydrogen-bond acceptors (Lipinski definition) is 3. The first-order valence-corrected chi connectivity index (χ1v) is 4.91. The van der Waals surface area contributed by atoms with Crippen molar-refractivity contribution in [2.45, 2.75) is 6.42 Å². The zero-order chi connectivity index (χ0) is 11.3. The van der Waals surface area contributed by atoms with Crippen LogP contribution in [0, 0.1) is 0 Å². The molecule has 0 spiro atoms. The summed E-state index contributed by atoms with van der Waals surface area (Å²) in [6.45, 7) is 0.377. The normalized spacial score (nSPS) is 9.80. The minimum atomic E-state index is -0.0462. The molecule has 0 aliphatic heterocycles. The van der Waals surface area contributed by atoms with Crippen LogP contribution in [0.4, 0.5) is 11.4 Å². The van der Waals surface area contributed by atoms with Gasteiger partial charge in [0.25, 0.3) is 0 Å². The molecule has 1 aromatic rings. The molecule has 0 aliphatic carbocycles. The first kappa shape index (κ1) is 11.5. The lowest BCUT2D eigenvalue weighted by Crippen LogP contribution is -2.16. The van der Waals surface area contributed by atoms with Crippen LogP contribution in [0.15, 0.2) is 24.3 Å². The molecule has 4 nitrogen and oxygen atoms in total. The maximum Gasteiger partial charge on any atom is 0.225 e. The summed E-state index contributed by atoms with van der Waals surface area (Å²) in [5.74, 6) is -0.0462. The summed E-state index contributed by atoms with van der Waals surface area (Å²) in [7, 11) is 3.95. The third-order valence-electron chi connectivity index (χ3n) is 2.04. The molecule has 15 heavy (non-hydrogen) atoms. The Morgan fingerprint density at radius 1 is 1.33 bits per heavy atom. The molecule has 0 heterocycles. The molecule has 82 valence electrons. The van der Waals surface area contributed by atoms with E-state index in [1.54, 1.807) is 0 Å². The second kappa shape index (κ2) is 5.36. The van der Waals surface area contributed by atoms with Gasteiger partial charge in [0.2, 0.25) is 5.91 Å². The molecular weight excluding hydrogens is 190 g/mol. The van der Waals surface area contributed by atoms with Crippen molar-refractivity contribution >= 4 is 17.3 Å². The predicted molar refractivity (Wildman–Crippen MR) is 63.1 cm³/mol. The van der Waals surface area contributed by atoms with Crippen LogP contribution in [-0.2, 0) is 4.79 Å². The van der Waals surface area contributed by atoms with E-state index in [1.807, 2.05) is 43.3 Å². The smallest absolute Gasteiger partial charge is 0.225 e.